The Kier molecular flexibility index (Phi) is 6.03. The topological polar surface area (TPSA) is 53.7 Å². The lowest BCUT2D eigenvalue weighted by molar-refractivity contribution is 0.211. The fourth-order valence-corrected chi connectivity index (χ4v) is 2.38. The third kappa shape index (κ3) is 4.35. The standard InChI is InChI=1S/C16H16BrNO3S/c1-19-14-4-2-3-5-15(14)21-9-8-20-13-7-6-11(17)10-12(13)16(18)22/h2-7,10H,8-9H2,1H3,(H2,18,22). The Labute approximate surface area is 143 Å². The summed E-state index contributed by atoms with van der Waals surface area (Å²) in [5, 5.41) is 0. The fraction of sp³-hybridized carbons (Fsp3) is 0.188. The third-order valence-corrected chi connectivity index (χ3v) is 3.59. The van der Waals surface area contributed by atoms with Crippen molar-refractivity contribution < 1.29 is 14.2 Å². The van der Waals surface area contributed by atoms with Gasteiger partial charge in [-0.15, -0.1) is 0 Å². The van der Waals surface area contributed by atoms with E-state index >= 15 is 0 Å². The molecule has 0 saturated heterocycles. The van der Waals surface area contributed by atoms with Crippen molar-refractivity contribution >= 4 is 33.1 Å². The van der Waals surface area contributed by atoms with Crippen LogP contribution in [-0.2, 0) is 0 Å². The van der Waals surface area contributed by atoms with Crippen LogP contribution in [0.4, 0.5) is 0 Å². The highest BCUT2D eigenvalue weighted by molar-refractivity contribution is 9.10. The third-order valence-electron chi connectivity index (χ3n) is 2.87. The molecule has 0 spiro atoms. The molecule has 0 atom stereocenters. The number of methoxy groups -OCH3 is 1. The van der Waals surface area contributed by atoms with Crippen LogP contribution in [0.3, 0.4) is 0 Å². The number of nitrogens with two attached hydrogens (primary N) is 1. The first-order chi connectivity index (χ1) is 10.6. The average molecular weight is 382 g/mol. The van der Waals surface area contributed by atoms with Gasteiger partial charge < -0.3 is 19.9 Å². The van der Waals surface area contributed by atoms with E-state index in [2.05, 4.69) is 15.9 Å². The zero-order valence-electron chi connectivity index (χ0n) is 12.0. The number of halogens is 1. The molecule has 0 saturated carbocycles. The van der Waals surface area contributed by atoms with Crippen molar-refractivity contribution in [1.29, 1.82) is 0 Å². The number of para-hydroxylation sites is 2. The lowest BCUT2D eigenvalue weighted by atomic mass is 10.2. The van der Waals surface area contributed by atoms with Gasteiger partial charge in [0, 0.05) is 4.47 Å². The Hall–Kier alpha value is -1.79. The number of ether oxygens (including phenoxy) is 3. The summed E-state index contributed by atoms with van der Waals surface area (Å²) in [5.74, 6) is 2.01. The summed E-state index contributed by atoms with van der Waals surface area (Å²) in [6.07, 6.45) is 0. The zero-order chi connectivity index (χ0) is 15.9. The molecule has 2 N–H and O–H groups in total. The second kappa shape index (κ2) is 8.00. The molecule has 0 aromatic heterocycles. The van der Waals surface area contributed by atoms with Crippen molar-refractivity contribution in [2.45, 2.75) is 0 Å². The summed E-state index contributed by atoms with van der Waals surface area (Å²) < 4.78 is 17.5. The van der Waals surface area contributed by atoms with Crippen molar-refractivity contribution in [3.63, 3.8) is 0 Å². The molecule has 0 bridgehead atoms. The van der Waals surface area contributed by atoms with Crippen LogP contribution in [0.2, 0.25) is 0 Å². The molecule has 0 amide bonds. The molecule has 0 heterocycles. The van der Waals surface area contributed by atoms with Crippen molar-refractivity contribution in [1.82, 2.24) is 0 Å². The molecule has 2 rings (SSSR count). The van der Waals surface area contributed by atoms with Gasteiger partial charge in [-0.3, -0.25) is 0 Å². The van der Waals surface area contributed by atoms with Crippen LogP contribution in [0.25, 0.3) is 0 Å². The van der Waals surface area contributed by atoms with E-state index in [9.17, 15) is 0 Å². The van der Waals surface area contributed by atoms with Gasteiger partial charge in [0.25, 0.3) is 0 Å². The second-order valence-corrected chi connectivity index (χ2v) is 5.71. The van der Waals surface area contributed by atoms with Gasteiger partial charge in [0.15, 0.2) is 11.5 Å². The molecular weight excluding hydrogens is 366 g/mol. The second-order valence-electron chi connectivity index (χ2n) is 4.35. The molecular formula is C16H16BrNO3S. The van der Waals surface area contributed by atoms with Crippen LogP contribution in [-0.4, -0.2) is 25.3 Å². The SMILES string of the molecule is COc1ccccc1OCCOc1ccc(Br)cc1C(N)=S. The predicted molar refractivity (Wildman–Crippen MR) is 94.0 cm³/mol. The highest BCUT2D eigenvalue weighted by Gasteiger charge is 2.08. The number of thiocarbonyl (C=S) groups is 1. The average Bonchev–Trinajstić information content (AvgIpc) is 2.52. The van der Waals surface area contributed by atoms with Crippen LogP contribution in [0.5, 0.6) is 17.2 Å². The monoisotopic (exact) mass is 381 g/mol. The summed E-state index contributed by atoms with van der Waals surface area (Å²) in [6, 6.07) is 13.0. The van der Waals surface area contributed by atoms with E-state index in [1.54, 1.807) is 7.11 Å². The van der Waals surface area contributed by atoms with E-state index in [-0.39, 0.29) is 0 Å². The maximum absolute atomic E-state index is 5.70. The molecule has 116 valence electrons. The minimum atomic E-state index is 0.293. The van der Waals surface area contributed by atoms with Crippen molar-refractivity contribution in [3.05, 3.63) is 52.5 Å². The van der Waals surface area contributed by atoms with E-state index < -0.39 is 0 Å². The number of hydrogen-bond donors (Lipinski definition) is 1. The van der Waals surface area contributed by atoms with Gasteiger partial charge in [-0.1, -0.05) is 40.3 Å². The van der Waals surface area contributed by atoms with E-state index in [1.807, 2.05) is 42.5 Å². The maximum Gasteiger partial charge on any atom is 0.161 e. The Bertz CT molecular complexity index is 664. The molecule has 22 heavy (non-hydrogen) atoms. The molecule has 6 heteroatoms. The Morgan fingerprint density at radius 1 is 1.05 bits per heavy atom. The lowest BCUT2D eigenvalue weighted by Gasteiger charge is -2.13. The first kappa shape index (κ1) is 16.6. The molecule has 0 unspecified atom stereocenters. The van der Waals surface area contributed by atoms with Crippen LogP contribution < -0.4 is 19.9 Å². The summed E-state index contributed by atoms with van der Waals surface area (Å²) in [5.41, 5.74) is 6.40. The van der Waals surface area contributed by atoms with Crippen LogP contribution in [0, 0.1) is 0 Å². The number of hydrogen-bond acceptors (Lipinski definition) is 4. The normalized spacial score (nSPS) is 10.1. The molecule has 0 radical (unpaired) electrons. The van der Waals surface area contributed by atoms with Gasteiger partial charge in [-0.25, -0.2) is 0 Å². The minimum Gasteiger partial charge on any atom is -0.493 e. The molecule has 2 aromatic carbocycles. The summed E-state index contributed by atoms with van der Waals surface area (Å²) >= 11 is 8.41. The predicted octanol–water partition coefficient (Wildman–Crippen LogP) is 3.55. The smallest absolute Gasteiger partial charge is 0.161 e. The van der Waals surface area contributed by atoms with Crippen molar-refractivity contribution in [3.8, 4) is 17.2 Å². The van der Waals surface area contributed by atoms with Gasteiger partial charge in [-0.05, 0) is 30.3 Å². The summed E-state index contributed by atoms with van der Waals surface area (Å²) in [6.45, 7) is 0.752. The fourth-order valence-electron chi connectivity index (χ4n) is 1.86. The zero-order valence-corrected chi connectivity index (χ0v) is 14.4. The molecule has 0 aliphatic rings. The minimum absolute atomic E-state index is 0.293. The van der Waals surface area contributed by atoms with E-state index in [0.717, 1.165) is 4.47 Å². The van der Waals surface area contributed by atoms with Crippen LogP contribution in [0.1, 0.15) is 5.56 Å². The van der Waals surface area contributed by atoms with E-state index in [0.29, 0.717) is 41.0 Å². The number of rotatable bonds is 7. The number of benzene rings is 2. The highest BCUT2D eigenvalue weighted by Crippen LogP contribution is 2.26. The molecule has 0 aliphatic heterocycles. The largest absolute Gasteiger partial charge is 0.493 e. The lowest BCUT2D eigenvalue weighted by Crippen LogP contribution is -2.14. The molecule has 0 fully saturated rings. The quantitative estimate of drug-likeness (QED) is 0.586. The van der Waals surface area contributed by atoms with Crippen LogP contribution >= 0.6 is 28.1 Å². The first-order valence-electron chi connectivity index (χ1n) is 6.60. The summed E-state index contributed by atoms with van der Waals surface area (Å²) in [7, 11) is 1.61. The highest BCUT2D eigenvalue weighted by atomic mass is 79.9. The molecule has 2 aromatic rings. The van der Waals surface area contributed by atoms with Crippen molar-refractivity contribution in [2.75, 3.05) is 20.3 Å². The Balaban J connectivity index is 1.93. The van der Waals surface area contributed by atoms with Gasteiger partial charge in [0.2, 0.25) is 0 Å². The van der Waals surface area contributed by atoms with E-state index in [1.165, 1.54) is 0 Å². The summed E-state index contributed by atoms with van der Waals surface area (Å²) in [4.78, 5) is 0.293. The van der Waals surface area contributed by atoms with E-state index in [4.69, 9.17) is 32.2 Å². The first-order valence-corrected chi connectivity index (χ1v) is 7.80. The van der Waals surface area contributed by atoms with Gasteiger partial charge in [-0.2, -0.15) is 0 Å². The molecule has 4 nitrogen and oxygen atoms in total. The Morgan fingerprint density at radius 2 is 1.68 bits per heavy atom. The van der Waals surface area contributed by atoms with Gasteiger partial charge >= 0.3 is 0 Å². The van der Waals surface area contributed by atoms with Crippen molar-refractivity contribution in [2.24, 2.45) is 5.73 Å². The van der Waals surface area contributed by atoms with Gasteiger partial charge in [0.1, 0.15) is 24.0 Å². The molecule has 0 aliphatic carbocycles. The van der Waals surface area contributed by atoms with Crippen LogP contribution in [0.15, 0.2) is 46.9 Å². The maximum atomic E-state index is 5.70. The Morgan fingerprint density at radius 3 is 2.32 bits per heavy atom. The van der Waals surface area contributed by atoms with Gasteiger partial charge in [0.05, 0.1) is 12.7 Å².